The Balaban J connectivity index is 1.61. The van der Waals surface area contributed by atoms with Crippen LogP contribution in [0.15, 0.2) is 57.9 Å². The Kier molecular flexibility index (Phi) is 5.40. The van der Waals surface area contributed by atoms with Crippen LogP contribution in [0.2, 0.25) is 0 Å². The maximum atomic E-state index is 12.9. The lowest BCUT2D eigenvalue weighted by molar-refractivity contribution is 0.346. The number of hydrogen-bond donors (Lipinski definition) is 1. The van der Waals surface area contributed by atoms with Gasteiger partial charge >= 0.3 is 0 Å². The molecule has 1 aromatic heterocycles. The summed E-state index contributed by atoms with van der Waals surface area (Å²) >= 11 is 3.50. The third kappa shape index (κ3) is 3.92. The summed E-state index contributed by atoms with van der Waals surface area (Å²) in [5.74, 6) is 0.723. The number of hydrogen-bond acceptors (Lipinski definition) is 4. The number of aromatic nitrogens is 1. The van der Waals surface area contributed by atoms with Crippen molar-refractivity contribution in [2.75, 3.05) is 18.4 Å². The molecule has 0 amide bonds. The second-order valence-corrected chi connectivity index (χ2v) is 9.90. The van der Waals surface area contributed by atoms with Crippen LogP contribution in [0.1, 0.15) is 24.8 Å². The summed E-state index contributed by atoms with van der Waals surface area (Å²) in [4.78, 5) is 4.97. The Bertz CT molecular complexity index is 1130. The zero-order chi connectivity index (χ0) is 19.7. The maximum Gasteiger partial charge on any atom is 0.243 e. The van der Waals surface area contributed by atoms with Crippen LogP contribution in [0.4, 0.5) is 11.5 Å². The molecule has 0 unspecified atom stereocenters. The van der Waals surface area contributed by atoms with Gasteiger partial charge in [-0.15, -0.1) is 0 Å². The molecule has 1 aliphatic heterocycles. The summed E-state index contributed by atoms with van der Waals surface area (Å²) in [6.07, 6.45) is 2.96. The molecule has 7 heteroatoms. The van der Waals surface area contributed by atoms with Crippen molar-refractivity contribution in [2.45, 2.75) is 31.1 Å². The number of fused-ring (bicyclic) bond motifs is 1. The van der Waals surface area contributed by atoms with Gasteiger partial charge in [-0.05, 0) is 73.9 Å². The van der Waals surface area contributed by atoms with Gasteiger partial charge in [0.2, 0.25) is 10.0 Å². The first-order valence-electron chi connectivity index (χ1n) is 9.38. The summed E-state index contributed by atoms with van der Waals surface area (Å²) in [5.41, 5.74) is 2.85. The van der Waals surface area contributed by atoms with Gasteiger partial charge in [-0.25, -0.2) is 13.4 Å². The zero-order valence-electron chi connectivity index (χ0n) is 15.7. The minimum absolute atomic E-state index is 0.341. The number of nitrogens with one attached hydrogen (secondary N) is 1. The highest BCUT2D eigenvalue weighted by molar-refractivity contribution is 9.10. The number of halogens is 1. The number of rotatable bonds is 4. The first-order chi connectivity index (χ1) is 13.4. The van der Waals surface area contributed by atoms with Gasteiger partial charge in [0.1, 0.15) is 5.82 Å². The summed E-state index contributed by atoms with van der Waals surface area (Å²) in [7, 11) is -3.44. The van der Waals surface area contributed by atoms with E-state index in [0.717, 1.165) is 51.7 Å². The summed E-state index contributed by atoms with van der Waals surface area (Å²) in [5, 5.41) is 4.12. The molecule has 1 saturated heterocycles. The second kappa shape index (κ2) is 7.81. The third-order valence-corrected chi connectivity index (χ3v) is 7.83. The quantitative estimate of drug-likeness (QED) is 0.580. The van der Waals surface area contributed by atoms with Crippen LogP contribution < -0.4 is 5.32 Å². The maximum absolute atomic E-state index is 12.9. The molecule has 0 spiro atoms. The topological polar surface area (TPSA) is 62.3 Å². The van der Waals surface area contributed by atoms with Crippen LogP contribution in [0.5, 0.6) is 0 Å². The lowest BCUT2D eigenvalue weighted by atomic mass is 10.2. The molecule has 4 rings (SSSR count). The van der Waals surface area contributed by atoms with Crippen LogP contribution in [0.25, 0.3) is 10.9 Å². The predicted molar refractivity (Wildman–Crippen MR) is 117 cm³/mol. The van der Waals surface area contributed by atoms with Crippen LogP contribution >= 0.6 is 15.9 Å². The smallest absolute Gasteiger partial charge is 0.243 e. The molecule has 3 aromatic rings. The van der Waals surface area contributed by atoms with E-state index in [0.29, 0.717) is 18.0 Å². The summed E-state index contributed by atoms with van der Waals surface area (Å²) < 4.78 is 28.4. The second-order valence-electron chi connectivity index (χ2n) is 7.10. The number of aryl methyl sites for hydroxylation is 1. The van der Waals surface area contributed by atoms with Gasteiger partial charge in [0.25, 0.3) is 0 Å². The highest BCUT2D eigenvalue weighted by Crippen LogP contribution is 2.26. The molecule has 28 heavy (non-hydrogen) atoms. The molecule has 2 aromatic carbocycles. The first-order valence-corrected chi connectivity index (χ1v) is 11.6. The van der Waals surface area contributed by atoms with Crippen LogP contribution in [0, 0.1) is 6.92 Å². The number of pyridine rings is 1. The predicted octanol–water partition coefficient (Wildman–Crippen LogP) is 5.22. The van der Waals surface area contributed by atoms with E-state index in [1.165, 1.54) is 0 Å². The van der Waals surface area contributed by atoms with E-state index in [1.807, 2.05) is 37.3 Å². The van der Waals surface area contributed by atoms with E-state index in [4.69, 9.17) is 0 Å². The van der Waals surface area contributed by atoms with Crippen LogP contribution in [0.3, 0.4) is 0 Å². The van der Waals surface area contributed by atoms with Crippen molar-refractivity contribution in [2.24, 2.45) is 0 Å². The van der Waals surface area contributed by atoms with Gasteiger partial charge in [0.05, 0.1) is 10.4 Å². The molecule has 2 heterocycles. The Morgan fingerprint density at radius 1 is 1.00 bits per heavy atom. The van der Waals surface area contributed by atoms with Gasteiger partial charge in [0, 0.05) is 28.6 Å². The van der Waals surface area contributed by atoms with Gasteiger partial charge in [-0.3, -0.25) is 0 Å². The number of benzene rings is 2. The Morgan fingerprint density at radius 2 is 1.79 bits per heavy atom. The fraction of sp³-hybridized carbons (Fsp3) is 0.286. The van der Waals surface area contributed by atoms with E-state index in [2.05, 4.69) is 26.2 Å². The fourth-order valence-corrected chi connectivity index (χ4v) is 5.26. The molecule has 0 atom stereocenters. The number of piperidine rings is 1. The molecule has 0 radical (unpaired) electrons. The van der Waals surface area contributed by atoms with E-state index < -0.39 is 10.0 Å². The van der Waals surface area contributed by atoms with Crippen molar-refractivity contribution in [3.63, 3.8) is 0 Å². The van der Waals surface area contributed by atoms with Crippen molar-refractivity contribution in [3.8, 4) is 0 Å². The normalized spacial score (nSPS) is 15.6. The number of sulfonamides is 1. The molecule has 0 saturated carbocycles. The van der Waals surface area contributed by atoms with E-state index in [1.54, 1.807) is 22.5 Å². The van der Waals surface area contributed by atoms with E-state index >= 15 is 0 Å². The Labute approximate surface area is 174 Å². The lowest BCUT2D eigenvalue weighted by Crippen LogP contribution is -2.35. The van der Waals surface area contributed by atoms with Crippen molar-refractivity contribution < 1.29 is 8.42 Å². The molecule has 0 bridgehead atoms. The molecular formula is C21H22BrN3O2S. The van der Waals surface area contributed by atoms with Crippen LogP contribution in [-0.2, 0) is 10.0 Å². The molecule has 146 valence electrons. The Morgan fingerprint density at radius 3 is 2.54 bits per heavy atom. The molecule has 1 N–H and O–H groups in total. The standard InChI is InChI=1S/C21H22BrN3O2S/c1-15-13-17(6-8-19(15)22)23-21-10-5-16-14-18(7-9-20(16)24-21)28(26,27)25-11-3-2-4-12-25/h5-10,13-14H,2-4,11-12H2,1H3,(H,23,24). The first kappa shape index (κ1) is 19.4. The molecule has 0 aliphatic carbocycles. The zero-order valence-corrected chi connectivity index (χ0v) is 18.1. The van der Waals surface area contributed by atoms with Crippen molar-refractivity contribution in [1.82, 2.24) is 9.29 Å². The van der Waals surface area contributed by atoms with Gasteiger partial charge in [-0.1, -0.05) is 22.4 Å². The summed E-state index contributed by atoms with van der Waals surface area (Å²) in [6, 6.07) is 15.0. The van der Waals surface area contributed by atoms with Gasteiger partial charge in [0.15, 0.2) is 0 Å². The molecule has 1 fully saturated rings. The molecule has 5 nitrogen and oxygen atoms in total. The van der Waals surface area contributed by atoms with Crippen LogP contribution in [-0.4, -0.2) is 30.8 Å². The molecular weight excluding hydrogens is 438 g/mol. The van der Waals surface area contributed by atoms with Crippen molar-refractivity contribution >= 4 is 48.4 Å². The fourth-order valence-electron chi connectivity index (χ4n) is 3.46. The summed E-state index contributed by atoms with van der Waals surface area (Å²) in [6.45, 7) is 3.25. The minimum atomic E-state index is -3.44. The van der Waals surface area contributed by atoms with Crippen molar-refractivity contribution in [3.05, 3.63) is 58.6 Å². The highest BCUT2D eigenvalue weighted by Gasteiger charge is 2.26. The largest absolute Gasteiger partial charge is 0.340 e. The Hall–Kier alpha value is -1.96. The lowest BCUT2D eigenvalue weighted by Gasteiger charge is -2.25. The van der Waals surface area contributed by atoms with Gasteiger partial charge in [-0.2, -0.15) is 4.31 Å². The van der Waals surface area contributed by atoms with E-state index in [-0.39, 0.29) is 0 Å². The average Bonchev–Trinajstić information content (AvgIpc) is 2.71. The highest BCUT2D eigenvalue weighted by atomic mass is 79.9. The monoisotopic (exact) mass is 459 g/mol. The molecule has 1 aliphatic rings. The SMILES string of the molecule is Cc1cc(Nc2ccc3cc(S(=O)(=O)N4CCCCC4)ccc3n2)ccc1Br. The average molecular weight is 460 g/mol. The van der Waals surface area contributed by atoms with E-state index in [9.17, 15) is 8.42 Å². The third-order valence-electron chi connectivity index (χ3n) is 5.04. The number of anilines is 2. The number of nitrogens with zero attached hydrogens (tertiary/aromatic N) is 2. The van der Waals surface area contributed by atoms with Crippen molar-refractivity contribution in [1.29, 1.82) is 0 Å². The minimum Gasteiger partial charge on any atom is -0.340 e. The van der Waals surface area contributed by atoms with Gasteiger partial charge < -0.3 is 5.32 Å².